The summed E-state index contributed by atoms with van der Waals surface area (Å²) in [5.41, 5.74) is 0. The van der Waals surface area contributed by atoms with E-state index in [9.17, 15) is 0 Å². The van der Waals surface area contributed by atoms with Crippen molar-refractivity contribution in [2.75, 3.05) is 18.8 Å². The molecule has 2 nitrogen and oxygen atoms in total. The molecule has 0 aromatic carbocycles. The average molecular weight is 261 g/mol. The molecule has 0 unspecified atom stereocenters. The molecule has 0 aliphatic heterocycles. The molecule has 0 aliphatic rings. The van der Waals surface area contributed by atoms with Crippen molar-refractivity contribution in [2.45, 2.75) is 11.9 Å². The highest BCUT2D eigenvalue weighted by Gasteiger charge is 1.94. The summed E-state index contributed by atoms with van der Waals surface area (Å²) in [6.45, 7) is 4.19. The van der Waals surface area contributed by atoms with Gasteiger partial charge in [-0.05, 0) is 34.6 Å². The first-order valence-corrected chi connectivity index (χ1v) is 6.06. The number of hydrogen-bond donors (Lipinski definition) is 1. The molecule has 0 amide bonds. The molecule has 1 aromatic rings. The zero-order chi connectivity index (χ0) is 9.52. The first-order valence-electron chi connectivity index (χ1n) is 4.28. The van der Waals surface area contributed by atoms with E-state index < -0.39 is 0 Å². The van der Waals surface area contributed by atoms with Crippen molar-refractivity contribution in [3.8, 4) is 0 Å². The minimum Gasteiger partial charge on any atom is -0.316 e. The molecule has 1 N–H and O–H groups in total. The fourth-order valence-corrected chi connectivity index (χ4v) is 1.83. The molecular weight excluding hydrogens is 248 g/mol. The highest BCUT2D eigenvalue weighted by atomic mass is 79.9. The van der Waals surface area contributed by atoms with Gasteiger partial charge in [-0.1, -0.05) is 6.92 Å². The first kappa shape index (κ1) is 11.0. The molecule has 13 heavy (non-hydrogen) atoms. The molecule has 0 saturated carbocycles. The lowest BCUT2D eigenvalue weighted by molar-refractivity contribution is 0.768. The quantitative estimate of drug-likeness (QED) is 0.651. The summed E-state index contributed by atoms with van der Waals surface area (Å²) < 4.78 is 1.03. The second kappa shape index (κ2) is 6.40. The molecule has 0 fully saturated rings. The van der Waals surface area contributed by atoms with Gasteiger partial charge in [0.15, 0.2) is 0 Å². The van der Waals surface area contributed by atoms with Crippen LogP contribution in [0.4, 0.5) is 0 Å². The van der Waals surface area contributed by atoms with Gasteiger partial charge in [0.25, 0.3) is 0 Å². The van der Waals surface area contributed by atoms with Crippen molar-refractivity contribution in [2.24, 2.45) is 0 Å². The van der Waals surface area contributed by atoms with Crippen molar-refractivity contribution < 1.29 is 0 Å². The van der Waals surface area contributed by atoms with Crippen LogP contribution in [0.15, 0.2) is 27.8 Å². The lowest BCUT2D eigenvalue weighted by Gasteiger charge is -2.01. The molecule has 0 bridgehead atoms. The highest BCUT2D eigenvalue weighted by Crippen LogP contribution is 2.16. The van der Waals surface area contributed by atoms with Gasteiger partial charge in [0.05, 0.1) is 5.03 Å². The Hall–Kier alpha value is -0.0600. The third-order valence-electron chi connectivity index (χ3n) is 1.48. The Kier molecular flexibility index (Phi) is 5.43. The molecule has 0 saturated heterocycles. The van der Waals surface area contributed by atoms with Crippen molar-refractivity contribution >= 4 is 27.7 Å². The first-order chi connectivity index (χ1) is 6.33. The zero-order valence-corrected chi connectivity index (χ0v) is 9.99. The summed E-state index contributed by atoms with van der Waals surface area (Å²) in [5.74, 6) is 1.07. The number of pyridine rings is 1. The van der Waals surface area contributed by atoms with Gasteiger partial charge in [-0.25, -0.2) is 4.98 Å². The van der Waals surface area contributed by atoms with E-state index in [1.54, 1.807) is 11.8 Å². The van der Waals surface area contributed by atoms with Crippen LogP contribution in [0.1, 0.15) is 6.92 Å². The number of rotatable bonds is 5. The van der Waals surface area contributed by atoms with Crippen molar-refractivity contribution in [1.29, 1.82) is 0 Å². The van der Waals surface area contributed by atoms with Gasteiger partial charge in [0.1, 0.15) is 0 Å². The smallest absolute Gasteiger partial charge is 0.0961 e. The largest absolute Gasteiger partial charge is 0.316 e. The molecule has 1 heterocycles. The van der Waals surface area contributed by atoms with Gasteiger partial charge >= 0.3 is 0 Å². The third kappa shape index (κ3) is 4.64. The van der Waals surface area contributed by atoms with Gasteiger partial charge < -0.3 is 5.32 Å². The number of thioether (sulfide) groups is 1. The second-order valence-corrected chi connectivity index (χ2v) is 4.55. The van der Waals surface area contributed by atoms with E-state index >= 15 is 0 Å². The van der Waals surface area contributed by atoms with Crippen LogP contribution in [0.5, 0.6) is 0 Å². The van der Waals surface area contributed by atoms with Crippen LogP contribution in [-0.2, 0) is 0 Å². The Morgan fingerprint density at radius 1 is 1.54 bits per heavy atom. The number of halogens is 1. The Morgan fingerprint density at radius 2 is 2.38 bits per heavy atom. The maximum absolute atomic E-state index is 4.26. The standard InChI is InChI=1S/C9H13BrN2S/c1-2-11-5-6-13-9-4-3-8(10)7-12-9/h3-4,7,11H,2,5-6H2,1H3. The van der Waals surface area contributed by atoms with Crippen LogP contribution in [0.2, 0.25) is 0 Å². The highest BCUT2D eigenvalue weighted by molar-refractivity contribution is 9.10. The lowest BCUT2D eigenvalue weighted by Crippen LogP contribution is -2.15. The van der Waals surface area contributed by atoms with E-state index in [1.807, 2.05) is 18.3 Å². The van der Waals surface area contributed by atoms with Crippen LogP contribution in [-0.4, -0.2) is 23.8 Å². The number of hydrogen-bond acceptors (Lipinski definition) is 3. The monoisotopic (exact) mass is 260 g/mol. The van der Waals surface area contributed by atoms with Crippen LogP contribution in [0.3, 0.4) is 0 Å². The van der Waals surface area contributed by atoms with Gasteiger partial charge in [-0.15, -0.1) is 11.8 Å². The summed E-state index contributed by atoms with van der Waals surface area (Å²) in [5, 5.41) is 4.36. The number of nitrogens with one attached hydrogen (secondary N) is 1. The summed E-state index contributed by atoms with van der Waals surface area (Å²) in [6, 6.07) is 4.04. The molecule has 0 spiro atoms. The molecule has 1 aromatic heterocycles. The molecule has 1 rings (SSSR count). The van der Waals surface area contributed by atoms with E-state index in [0.29, 0.717) is 0 Å². The maximum Gasteiger partial charge on any atom is 0.0961 e. The van der Waals surface area contributed by atoms with E-state index in [2.05, 4.69) is 33.2 Å². The molecule has 0 aliphatic carbocycles. The van der Waals surface area contributed by atoms with Gasteiger partial charge in [-0.3, -0.25) is 0 Å². The van der Waals surface area contributed by atoms with E-state index in [0.717, 1.165) is 28.3 Å². The Bertz CT molecular complexity index is 238. The van der Waals surface area contributed by atoms with Gasteiger partial charge in [0.2, 0.25) is 0 Å². The average Bonchev–Trinajstić information content (AvgIpc) is 2.15. The van der Waals surface area contributed by atoms with Gasteiger partial charge in [-0.2, -0.15) is 0 Å². The predicted octanol–water partition coefficient (Wildman–Crippen LogP) is 2.55. The molecule has 0 radical (unpaired) electrons. The fourth-order valence-electron chi connectivity index (χ4n) is 0.852. The van der Waals surface area contributed by atoms with Crippen molar-refractivity contribution in [3.63, 3.8) is 0 Å². The second-order valence-electron chi connectivity index (χ2n) is 2.52. The topological polar surface area (TPSA) is 24.9 Å². The summed E-state index contributed by atoms with van der Waals surface area (Å²) in [7, 11) is 0. The molecule has 72 valence electrons. The van der Waals surface area contributed by atoms with E-state index in [1.165, 1.54) is 0 Å². The van der Waals surface area contributed by atoms with Crippen LogP contribution in [0, 0.1) is 0 Å². The summed E-state index contributed by atoms with van der Waals surface area (Å²) in [6.07, 6.45) is 1.83. The third-order valence-corrected chi connectivity index (χ3v) is 2.89. The van der Waals surface area contributed by atoms with Crippen LogP contribution in [0.25, 0.3) is 0 Å². The Balaban J connectivity index is 2.25. The minimum absolute atomic E-state index is 1.03. The summed E-state index contributed by atoms with van der Waals surface area (Å²) in [4.78, 5) is 4.26. The minimum atomic E-state index is 1.03. The molecule has 0 atom stereocenters. The number of nitrogens with zero attached hydrogens (tertiary/aromatic N) is 1. The molecular formula is C9H13BrN2S. The van der Waals surface area contributed by atoms with Gasteiger partial charge in [0, 0.05) is 23.0 Å². The normalized spacial score (nSPS) is 10.3. The SMILES string of the molecule is CCNCCSc1ccc(Br)cn1. The maximum atomic E-state index is 4.26. The van der Waals surface area contributed by atoms with Crippen LogP contribution >= 0.6 is 27.7 Å². The number of aromatic nitrogens is 1. The van der Waals surface area contributed by atoms with Crippen molar-refractivity contribution in [1.82, 2.24) is 10.3 Å². The zero-order valence-electron chi connectivity index (χ0n) is 7.59. The van der Waals surface area contributed by atoms with E-state index in [-0.39, 0.29) is 0 Å². The van der Waals surface area contributed by atoms with Crippen molar-refractivity contribution in [3.05, 3.63) is 22.8 Å². The molecule has 4 heteroatoms. The van der Waals surface area contributed by atoms with Crippen LogP contribution < -0.4 is 5.32 Å². The predicted molar refractivity (Wildman–Crippen MR) is 61.2 cm³/mol. The Labute approximate surface area is 91.7 Å². The van der Waals surface area contributed by atoms with E-state index in [4.69, 9.17) is 0 Å². The Morgan fingerprint density at radius 3 is 3.00 bits per heavy atom. The fraction of sp³-hybridized carbons (Fsp3) is 0.444. The lowest BCUT2D eigenvalue weighted by atomic mass is 10.5. The summed E-state index contributed by atoms with van der Waals surface area (Å²) >= 11 is 5.13.